The number of esters is 2. The Labute approximate surface area is 225 Å². The first-order valence-electron chi connectivity index (χ1n) is 10.5. The summed E-state index contributed by atoms with van der Waals surface area (Å²) in [5.74, 6) is -0.942. The number of pyridine rings is 1. The molecular formula is C27H20I2NO4+. The van der Waals surface area contributed by atoms with Crippen molar-refractivity contribution in [3.8, 4) is 11.3 Å². The van der Waals surface area contributed by atoms with Crippen molar-refractivity contribution < 1.29 is 21.8 Å². The fourth-order valence-electron chi connectivity index (χ4n) is 3.35. The van der Waals surface area contributed by atoms with Crippen molar-refractivity contribution in [3.63, 3.8) is 0 Å². The van der Waals surface area contributed by atoms with Crippen molar-refractivity contribution in [3.05, 3.63) is 123 Å². The Morgan fingerprint density at radius 1 is 0.676 bits per heavy atom. The van der Waals surface area contributed by atoms with Crippen LogP contribution in [0.2, 0.25) is 0 Å². The van der Waals surface area contributed by atoms with Crippen LogP contribution in [-0.2, 0) is 22.7 Å². The smallest absolute Gasteiger partial charge is 0.404 e. The number of halogens is 2. The number of hydrogen-bond donors (Lipinski definition) is 0. The highest BCUT2D eigenvalue weighted by Gasteiger charge is 2.31. The largest absolute Gasteiger partial charge is 0.457 e. The molecule has 0 aliphatic carbocycles. The number of benzene rings is 3. The highest BCUT2D eigenvalue weighted by atomic mass is 127. The molecule has 0 saturated heterocycles. The Bertz CT molecular complexity index is 1310. The SMILES string of the molecule is O=C(OCc1ccccc1)c1ccc(C(=O)OCc2ccccc2)[n+](I)c1-c1ccccc1I. The van der Waals surface area contributed by atoms with Gasteiger partial charge >= 0.3 is 34.8 Å². The van der Waals surface area contributed by atoms with Crippen LogP contribution in [0.5, 0.6) is 0 Å². The van der Waals surface area contributed by atoms with E-state index >= 15 is 0 Å². The average molecular weight is 676 g/mol. The molecule has 0 atom stereocenters. The highest BCUT2D eigenvalue weighted by Crippen LogP contribution is 2.28. The van der Waals surface area contributed by atoms with E-state index in [9.17, 15) is 9.59 Å². The molecule has 7 heteroatoms. The van der Waals surface area contributed by atoms with Gasteiger partial charge in [-0.25, -0.2) is 9.59 Å². The minimum atomic E-state index is -0.477. The predicted molar refractivity (Wildman–Crippen MR) is 145 cm³/mol. The minimum absolute atomic E-state index is 0.160. The Hall–Kier alpha value is -2.79. The maximum atomic E-state index is 13.1. The zero-order valence-electron chi connectivity index (χ0n) is 18.0. The van der Waals surface area contributed by atoms with Gasteiger partial charge in [0.1, 0.15) is 18.8 Å². The van der Waals surface area contributed by atoms with Crippen LogP contribution < -0.4 is 2.78 Å². The summed E-state index contributed by atoms with van der Waals surface area (Å²) < 4.78 is 13.8. The highest BCUT2D eigenvalue weighted by molar-refractivity contribution is 14.1. The number of carbonyl (C=O) groups is 2. The molecule has 1 heterocycles. The zero-order valence-corrected chi connectivity index (χ0v) is 22.3. The van der Waals surface area contributed by atoms with Gasteiger partial charge in [0.05, 0.1) is 5.56 Å². The lowest BCUT2D eigenvalue weighted by molar-refractivity contribution is -0.432. The number of nitrogens with zero attached hydrogens (tertiary/aromatic N) is 1. The first-order chi connectivity index (χ1) is 16.5. The molecule has 5 nitrogen and oxygen atoms in total. The van der Waals surface area contributed by atoms with E-state index < -0.39 is 11.9 Å². The van der Waals surface area contributed by atoms with Crippen LogP contribution in [0.1, 0.15) is 32.0 Å². The van der Waals surface area contributed by atoms with Gasteiger partial charge in [0.25, 0.3) is 5.69 Å². The Morgan fingerprint density at radius 2 is 1.21 bits per heavy atom. The van der Waals surface area contributed by atoms with E-state index in [0.717, 1.165) is 20.3 Å². The lowest BCUT2D eigenvalue weighted by Gasteiger charge is -2.11. The fourth-order valence-corrected chi connectivity index (χ4v) is 4.87. The second-order valence-electron chi connectivity index (χ2n) is 7.36. The summed E-state index contributed by atoms with van der Waals surface area (Å²) in [5, 5.41) is 0. The number of aromatic nitrogens is 1. The van der Waals surface area contributed by atoms with Crippen molar-refractivity contribution in [2.45, 2.75) is 13.2 Å². The van der Waals surface area contributed by atoms with Gasteiger partial charge in [-0.3, -0.25) is 0 Å². The lowest BCUT2D eigenvalue weighted by Crippen LogP contribution is -2.35. The fraction of sp³-hybridized carbons (Fsp3) is 0.0741. The van der Waals surface area contributed by atoms with E-state index in [0.29, 0.717) is 17.0 Å². The standard InChI is InChI=1S/C27H20I2NO4/c28-23-14-8-7-13-21(23)25-22(26(31)33-17-19-9-3-1-4-10-19)15-16-24(30(25)29)27(32)34-18-20-11-5-2-6-12-20/h1-16H,17-18H2/q+1. The molecule has 0 amide bonds. The summed E-state index contributed by atoms with van der Waals surface area (Å²) in [7, 11) is 0. The van der Waals surface area contributed by atoms with Gasteiger partial charge in [-0.15, -0.1) is 2.78 Å². The van der Waals surface area contributed by atoms with Crippen LogP contribution in [0, 0.1) is 3.57 Å². The molecule has 0 unspecified atom stereocenters. The van der Waals surface area contributed by atoms with Crippen molar-refractivity contribution in [1.29, 1.82) is 0 Å². The molecular weight excluding hydrogens is 656 g/mol. The predicted octanol–water partition coefficient (Wildman–Crippen LogP) is 6.16. The average Bonchev–Trinajstić information content (AvgIpc) is 2.87. The number of carbonyl (C=O) groups excluding carboxylic acids is 2. The normalized spacial score (nSPS) is 10.5. The summed E-state index contributed by atoms with van der Waals surface area (Å²) in [6.07, 6.45) is 0. The van der Waals surface area contributed by atoms with Crippen LogP contribution in [0.15, 0.2) is 97.1 Å². The molecule has 0 saturated carbocycles. The summed E-state index contributed by atoms with van der Waals surface area (Å²) in [6.45, 7) is 0.322. The van der Waals surface area contributed by atoms with Crippen molar-refractivity contribution >= 4 is 57.4 Å². The Morgan fingerprint density at radius 3 is 1.79 bits per heavy atom. The van der Waals surface area contributed by atoms with Gasteiger partial charge in [0.2, 0.25) is 5.69 Å². The maximum absolute atomic E-state index is 13.1. The van der Waals surface area contributed by atoms with Gasteiger partial charge in [0, 0.05) is 9.64 Å². The monoisotopic (exact) mass is 676 g/mol. The van der Waals surface area contributed by atoms with Crippen molar-refractivity contribution in [1.82, 2.24) is 0 Å². The second kappa shape index (κ2) is 11.6. The summed E-state index contributed by atoms with van der Waals surface area (Å²) >= 11 is 4.25. The molecule has 0 fully saturated rings. The van der Waals surface area contributed by atoms with Crippen molar-refractivity contribution in [2.75, 3.05) is 0 Å². The number of hydrogen-bond acceptors (Lipinski definition) is 4. The van der Waals surface area contributed by atoms with Crippen LogP contribution in [-0.4, -0.2) is 11.9 Å². The van der Waals surface area contributed by atoms with E-state index in [2.05, 4.69) is 22.6 Å². The Balaban J connectivity index is 1.66. The molecule has 3 aromatic carbocycles. The molecule has 0 spiro atoms. The van der Waals surface area contributed by atoms with Gasteiger partial charge in [-0.05, 0) is 51.9 Å². The van der Waals surface area contributed by atoms with Crippen LogP contribution in [0.25, 0.3) is 11.3 Å². The van der Waals surface area contributed by atoms with Gasteiger partial charge < -0.3 is 9.47 Å². The molecule has 0 aliphatic heterocycles. The molecule has 4 aromatic rings. The van der Waals surface area contributed by atoms with Gasteiger partial charge in [-0.1, -0.05) is 72.8 Å². The van der Waals surface area contributed by atoms with E-state index in [-0.39, 0.29) is 13.2 Å². The molecule has 34 heavy (non-hydrogen) atoms. The lowest BCUT2D eigenvalue weighted by atomic mass is 10.0. The van der Waals surface area contributed by atoms with Crippen LogP contribution >= 0.6 is 45.5 Å². The number of rotatable bonds is 7. The first kappa shape index (κ1) is 24.3. The topological polar surface area (TPSA) is 56.5 Å². The summed E-state index contributed by atoms with van der Waals surface area (Å²) in [6, 6.07) is 29.9. The molecule has 170 valence electrons. The number of ether oxygens (including phenoxy) is 2. The first-order valence-corrected chi connectivity index (χ1v) is 12.5. The molecule has 0 bridgehead atoms. The molecule has 1 aromatic heterocycles. The zero-order chi connectivity index (χ0) is 23.9. The quantitative estimate of drug-likeness (QED) is 0.174. The third kappa shape index (κ3) is 5.82. The molecule has 0 radical (unpaired) electrons. The van der Waals surface area contributed by atoms with Gasteiger partial charge in [-0.2, -0.15) is 0 Å². The van der Waals surface area contributed by atoms with E-state index in [1.54, 1.807) is 14.9 Å². The molecule has 0 N–H and O–H groups in total. The second-order valence-corrected chi connectivity index (χ2v) is 9.49. The maximum Gasteiger partial charge on any atom is 0.404 e. The minimum Gasteiger partial charge on any atom is -0.457 e. The Kier molecular flexibility index (Phi) is 8.28. The molecule has 0 aliphatic rings. The van der Waals surface area contributed by atoms with E-state index in [4.69, 9.17) is 9.47 Å². The third-order valence-corrected chi connectivity index (χ3v) is 7.00. The van der Waals surface area contributed by atoms with Crippen LogP contribution in [0.4, 0.5) is 0 Å². The van der Waals surface area contributed by atoms with Crippen molar-refractivity contribution in [2.24, 2.45) is 0 Å². The summed E-state index contributed by atoms with van der Waals surface area (Å²) in [5.41, 5.74) is 3.89. The van der Waals surface area contributed by atoms with E-state index in [1.165, 1.54) is 0 Å². The third-order valence-electron chi connectivity index (χ3n) is 5.05. The summed E-state index contributed by atoms with van der Waals surface area (Å²) in [4.78, 5) is 26.0. The van der Waals surface area contributed by atoms with E-state index in [1.807, 2.05) is 108 Å². The molecule has 4 rings (SSSR count). The van der Waals surface area contributed by atoms with Gasteiger partial charge in [0.15, 0.2) is 0 Å². The van der Waals surface area contributed by atoms with Crippen LogP contribution in [0.3, 0.4) is 0 Å².